The van der Waals surface area contributed by atoms with E-state index in [1.807, 2.05) is 0 Å². The molecule has 2 rings (SSSR count). The lowest BCUT2D eigenvalue weighted by molar-refractivity contribution is 0.140. The van der Waals surface area contributed by atoms with Crippen LogP contribution in [0.15, 0.2) is 24.3 Å². The molecular weight excluding hydrogens is 236 g/mol. The summed E-state index contributed by atoms with van der Waals surface area (Å²) >= 11 is 0. The first-order valence-corrected chi connectivity index (χ1v) is 7.35. The Morgan fingerprint density at radius 2 is 1.84 bits per heavy atom. The van der Waals surface area contributed by atoms with E-state index in [1.54, 1.807) is 0 Å². The van der Waals surface area contributed by atoms with Crippen LogP contribution in [0.5, 0.6) is 0 Å². The van der Waals surface area contributed by atoms with E-state index in [-0.39, 0.29) is 0 Å². The normalized spacial score (nSPS) is 17.6. The van der Waals surface area contributed by atoms with Crippen LogP contribution in [0.25, 0.3) is 0 Å². The molecule has 0 radical (unpaired) electrons. The van der Waals surface area contributed by atoms with Gasteiger partial charge in [-0.3, -0.25) is 4.90 Å². The largest absolute Gasteiger partial charge is 0.380 e. The average Bonchev–Trinajstić information content (AvgIpc) is 2.66. The van der Waals surface area contributed by atoms with E-state index in [0.717, 1.165) is 45.8 Å². The monoisotopic (exact) mass is 262 g/mol. The Morgan fingerprint density at radius 1 is 1.11 bits per heavy atom. The molecule has 0 saturated carbocycles. The molecule has 0 bridgehead atoms. The first-order chi connectivity index (χ1) is 9.24. The highest BCUT2D eigenvalue weighted by Crippen LogP contribution is 2.09. The van der Waals surface area contributed by atoms with Gasteiger partial charge in [0.1, 0.15) is 0 Å². The number of hydrogen-bond donors (Lipinski definition) is 1. The highest BCUT2D eigenvalue weighted by Gasteiger charge is 2.09. The summed E-state index contributed by atoms with van der Waals surface area (Å²) in [4.78, 5) is 2.48. The van der Waals surface area contributed by atoms with Crippen molar-refractivity contribution in [1.82, 2.24) is 10.2 Å². The van der Waals surface area contributed by atoms with Gasteiger partial charge in [0.05, 0.1) is 6.61 Å². The van der Waals surface area contributed by atoms with Crippen molar-refractivity contribution in [2.75, 3.05) is 26.3 Å². The molecule has 106 valence electrons. The fourth-order valence-electron chi connectivity index (χ4n) is 2.30. The Labute approximate surface area is 116 Å². The number of benzene rings is 1. The second kappa shape index (κ2) is 7.63. The summed E-state index contributed by atoms with van der Waals surface area (Å²) in [5.74, 6) is 0. The van der Waals surface area contributed by atoms with Crippen LogP contribution in [-0.4, -0.2) is 37.2 Å². The average molecular weight is 262 g/mol. The SMILES string of the molecule is CC(C)NCc1ccc(CN2CCCOCC2)cc1. The minimum atomic E-state index is 0.539. The van der Waals surface area contributed by atoms with Crippen molar-refractivity contribution in [3.63, 3.8) is 0 Å². The standard InChI is InChI=1S/C16H26N2O/c1-14(2)17-12-15-4-6-16(7-5-15)13-18-8-3-10-19-11-9-18/h4-7,14,17H,3,8-13H2,1-2H3. The molecule has 3 nitrogen and oxygen atoms in total. The zero-order chi connectivity index (χ0) is 13.5. The van der Waals surface area contributed by atoms with Crippen LogP contribution in [0, 0.1) is 0 Å². The molecule has 1 N–H and O–H groups in total. The van der Waals surface area contributed by atoms with E-state index in [9.17, 15) is 0 Å². The predicted molar refractivity (Wildman–Crippen MR) is 79.1 cm³/mol. The van der Waals surface area contributed by atoms with Crippen molar-refractivity contribution in [3.8, 4) is 0 Å². The zero-order valence-corrected chi connectivity index (χ0v) is 12.2. The van der Waals surface area contributed by atoms with Gasteiger partial charge in [0.15, 0.2) is 0 Å². The van der Waals surface area contributed by atoms with Gasteiger partial charge in [-0.05, 0) is 17.5 Å². The zero-order valence-electron chi connectivity index (χ0n) is 12.2. The fourth-order valence-corrected chi connectivity index (χ4v) is 2.30. The highest BCUT2D eigenvalue weighted by molar-refractivity contribution is 5.22. The highest BCUT2D eigenvalue weighted by atomic mass is 16.5. The van der Waals surface area contributed by atoms with Gasteiger partial charge in [-0.2, -0.15) is 0 Å². The molecule has 0 atom stereocenters. The topological polar surface area (TPSA) is 24.5 Å². The summed E-state index contributed by atoms with van der Waals surface area (Å²) < 4.78 is 5.49. The van der Waals surface area contributed by atoms with Gasteiger partial charge in [-0.1, -0.05) is 38.1 Å². The maximum absolute atomic E-state index is 5.49. The number of rotatable bonds is 5. The molecule has 1 aromatic rings. The van der Waals surface area contributed by atoms with E-state index in [0.29, 0.717) is 6.04 Å². The third kappa shape index (κ3) is 5.31. The molecule has 0 amide bonds. The molecule has 1 aliphatic heterocycles. The predicted octanol–water partition coefficient (Wildman–Crippen LogP) is 2.41. The van der Waals surface area contributed by atoms with Crippen LogP contribution in [0.1, 0.15) is 31.4 Å². The molecule has 3 heteroatoms. The summed E-state index contributed by atoms with van der Waals surface area (Å²) in [6.45, 7) is 10.3. The van der Waals surface area contributed by atoms with Crippen molar-refractivity contribution < 1.29 is 4.74 Å². The first kappa shape index (κ1) is 14.5. The lowest BCUT2D eigenvalue weighted by Gasteiger charge is -2.19. The second-order valence-electron chi connectivity index (χ2n) is 5.59. The van der Waals surface area contributed by atoms with E-state index in [4.69, 9.17) is 4.74 Å². The van der Waals surface area contributed by atoms with Crippen LogP contribution in [-0.2, 0) is 17.8 Å². The summed E-state index contributed by atoms with van der Waals surface area (Å²) in [7, 11) is 0. The molecule has 1 heterocycles. The Morgan fingerprint density at radius 3 is 2.58 bits per heavy atom. The third-order valence-corrected chi connectivity index (χ3v) is 3.46. The minimum Gasteiger partial charge on any atom is -0.380 e. The summed E-state index contributed by atoms with van der Waals surface area (Å²) in [5, 5.41) is 3.44. The number of ether oxygens (including phenoxy) is 1. The van der Waals surface area contributed by atoms with E-state index >= 15 is 0 Å². The molecule has 1 fully saturated rings. The molecule has 0 spiro atoms. The van der Waals surface area contributed by atoms with E-state index in [2.05, 4.69) is 48.3 Å². The number of hydrogen-bond acceptors (Lipinski definition) is 3. The van der Waals surface area contributed by atoms with Crippen molar-refractivity contribution in [2.24, 2.45) is 0 Å². The summed E-state index contributed by atoms with van der Waals surface area (Å²) in [6.07, 6.45) is 1.15. The Hall–Kier alpha value is -0.900. The van der Waals surface area contributed by atoms with Gasteiger partial charge in [0.25, 0.3) is 0 Å². The summed E-state index contributed by atoms with van der Waals surface area (Å²) in [6, 6.07) is 9.52. The van der Waals surface area contributed by atoms with Gasteiger partial charge in [-0.15, -0.1) is 0 Å². The smallest absolute Gasteiger partial charge is 0.0593 e. The lowest BCUT2D eigenvalue weighted by atomic mass is 10.1. The van der Waals surface area contributed by atoms with Crippen molar-refractivity contribution >= 4 is 0 Å². The van der Waals surface area contributed by atoms with Crippen LogP contribution >= 0.6 is 0 Å². The summed E-state index contributed by atoms with van der Waals surface area (Å²) in [5.41, 5.74) is 2.76. The van der Waals surface area contributed by atoms with Gasteiger partial charge >= 0.3 is 0 Å². The number of nitrogens with zero attached hydrogens (tertiary/aromatic N) is 1. The first-order valence-electron chi connectivity index (χ1n) is 7.35. The van der Waals surface area contributed by atoms with Gasteiger partial charge < -0.3 is 10.1 Å². The van der Waals surface area contributed by atoms with Gasteiger partial charge in [0.2, 0.25) is 0 Å². The Kier molecular flexibility index (Phi) is 5.83. The van der Waals surface area contributed by atoms with Gasteiger partial charge in [0, 0.05) is 38.8 Å². The molecule has 1 aromatic carbocycles. The molecular formula is C16H26N2O. The van der Waals surface area contributed by atoms with Gasteiger partial charge in [-0.25, -0.2) is 0 Å². The van der Waals surface area contributed by atoms with Crippen molar-refractivity contribution in [2.45, 2.75) is 39.4 Å². The van der Waals surface area contributed by atoms with Crippen molar-refractivity contribution in [3.05, 3.63) is 35.4 Å². The third-order valence-electron chi connectivity index (χ3n) is 3.46. The molecule has 1 aliphatic rings. The number of nitrogens with one attached hydrogen (secondary N) is 1. The lowest BCUT2D eigenvalue weighted by Crippen LogP contribution is -2.25. The quantitative estimate of drug-likeness (QED) is 0.882. The van der Waals surface area contributed by atoms with Crippen LogP contribution < -0.4 is 5.32 Å². The maximum Gasteiger partial charge on any atom is 0.0593 e. The van der Waals surface area contributed by atoms with Crippen LogP contribution in [0.4, 0.5) is 0 Å². The molecule has 0 unspecified atom stereocenters. The molecule has 19 heavy (non-hydrogen) atoms. The maximum atomic E-state index is 5.49. The molecule has 1 saturated heterocycles. The van der Waals surface area contributed by atoms with E-state index < -0.39 is 0 Å². The van der Waals surface area contributed by atoms with Crippen LogP contribution in [0.3, 0.4) is 0 Å². The minimum absolute atomic E-state index is 0.539. The fraction of sp³-hybridized carbons (Fsp3) is 0.625. The molecule has 0 aliphatic carbocycles. The Bertz CT molecular complexity index is 354. The Balaban J connectivity index is 1.83. The van der Waals surface area contributed by atoms with Crippen LogP contribution in [0.2, 0.25) is 0 Å². The molecule has 0 aromatic heterocycles. The van der Waals surface area contributed by atoms with Crippen molar-refractivity contribution in [1.29, 1.82) is 0 Å². The van der Waals surface area contributed by atoms with E-state index in [1.165, 1.54) is 11.1 Å². The second-order valence-corrected chi connectivity index (χ2v) is 5.59.